The van der Waals surface area contributed by atoms with Crippen LogP contribution in [-0.2, 0) is 16.0 Å². The number of rotatable bonds is 4. The maximum absolute atomic E-state index is 12.3. The molecule has 1 heterocycles. The number of hydrogen-bond acceptors (Lipinski definition) is 2. The van der Waals surface area contributed by atoms with Gasteiger partial charge < -0.3 is 15.4 Å². The zero-order valence-electron chi connectivity index (χ0n) is 12.6. The quantitative estimate of drug-likeness (QED) is 0.811. The van der Waals surface area contributed by atoms with Crippen LogP contribution in [0.1, 0.15) is 30.5 Å². The van der Waals surface area contributed by atoms with E-state index in [1.807, 2.05) is 31.2 Å². The summed E-state index contributed by atoms with van der Waals surface area (Å²) >= 11 is 0. The zero-order valence-corrected chi connectivity index (χ0v) is 12.6. The van der Waals surface area contributed by atoms with E-state index in [1.54, 1.807) is 0 Å². The standard InChI is InChI=1S/C17H20N2O3/c1-10-13(11-5-2-3-7-14(11)18-10)9-16(20)19-15-8-4-6-12(15)17(21)22/h2-3,5,7,12,15,18H,4,6,8-9H2,1H3,(H,19,20)(H,21,22)/t12-,15+/m0/s1. The van der Waals surface area contributed by atoms with Crippen LogP contribution < -0.4 is 5.32 Å². The van der Waals surface area contributed by atoms with Crippen LogP contribution in [0.2, 0.25) is 0 Å². The summed E-state index contributed by atoms with van der Waals surface area (Å²) in [6.45, 7) is 1.96. The Morgan fingerprint density at radius 1 is 1.32 bits per heavy atom. The van der Waals surface area contributed by atoms with Crippen LogP contribution in [0.15, 0.2) is 24.3 Å². The molecule has 1 aliphatic carbocycles. The minimum Gasteiger partial charge on any atom is -0.481 e. The van der Waals surface area contributed by atoms with Crippen LogP contribution in [0.3, 0.4) is 0 Å². The Balaban J connectivity index is 1.74. The molecule has 1 amide bonds. The molecule has 0 radical (unpaired) electrons. The summed E-state index contributed by atoms with van der Waals surface area (Å²) in [4.78, 5) is 26.8. The average molecular weight is 300 g/mol. The van der Waals surface area contributed by atoms with E-state index in [4.69, 9.17) is 0 Å². The van der Waals surface area contributed by atoms with Gasteiger partial charge in [0.2, 0.25) is 5.91 Å². The van der Waals surface area contributed by atoms with E-state index in [1.165, 1.54) is 0 Å². The normalized spacial score (nSPS) is 21.1. The summed E-state index contributed by atoms with van der Waals surface area (Å²) < 4.78 is 0. The highest BCUT2D eigenvalue weighted by Gasteiger charge is 2.33. The molecule has 0 saturated heterocycles. The van der Waals surface area contributed by atoms with Crippen molar-refractivity contribution < 1.29 is 14.7 Å². The van der Waals surface area contributed by atoms with Gasteiger partial charge in [-0.25, -0.2) is 0 Å². The third kappa shape index (κ3) is 2.71. The number of carbonyl (C=O) groups excluding carboxylic acids is 1. The molecule has 0 bridgehead atoms. The molecule has 2 atom stereocenters. The number of benzene rings is 1. The van der Waals surface area contributed by atoms with Gasteiger partial charge >= 0.3 is 5.97 Å². The van der Waals surface area contributed by atoms with Crippen molar-refractivity contribution in [1.29, 1.82) is 0 Å². The number of carboxylic acid groups (broad SMARTS) is 1. The molecule has 116 valence electrons. The lowest BCUT2D eigenvalue weighted by Crippen LogP contribution is -2.40. The first-order valence-electron chi connectivity index (χ1n) is 7.64. The van der Waals surface area contributed by atoms with Gasteiger partial charge in [0.05, 0.1) is 12.3 Å². The third-order valence-corrected chi connectivity index (χ3v) is 4.54. The van der Waals surface area contributed by atoms with Crippen molar-refractivity contribution in [3.8, 4) is 0 Å². The molecule has 3 N–H and O–H groups in total. The summed E-state index contributed by atoms with van der Waals surface area (Å²) in [5, 5.41) is 13.1. The van der Waals surface area contributed by atoms with Gasteiger partial charge in [-0.2, -0.15) is 0 Å². The lowest BCUT2D eigenvalue weighted by atomic mass is 10.0. The van der Waals surface area contributed by atoms with E-state index < -0.39 is 11.9 Å². The van der Waals surface area contributed by atoms with Crippen LogP contribution >= 0.6 is 0 Å². The van der Waals surface area contributed by atoms with Crippen LogP contribution in [-0.4, -0.2) is 28.0 Å². The fourth-order valence-electron chi connectivity index (χ4n) is 3.41. The number of aryl methyl sites for hydroxylation is 1. The highest BCUT2D eigenvalue weighted by Crippen LogP contribution is 2.26. The number of aromatic nitrogens is 1. The molecule has 2 aromatic rings. The molecule has 5 nitrogen and oxygen atoms in total. The molecule has 22 heavy (non-hydrogen) atoms. The first-order chi connectivity index (χ1) is 10.6. The molecule has 1 aromatic heterocycles. The van der Waals surface area contributed by atoms with Gasteiger partial charge in [-0.3, -0.25) is 9.59 Å². The third-order valence-electron chi connectivity index (χ3n) is 4.54. The van der Waals surface area contributed by atoms with Gasteiger partial charge in [0.25, 0.3) is 0 Å². The topological polar surface area (TPSA) is 82.2 Å². The molecular weight excluding hydrogens is 280 g/mol. The molecule has 0 spiro atoms. The second-order valence-electron chi connectivity index (χ2n) is 6.00. The molecule has 1 aliphatic rings. The number of aromatic amines is 1. The second-order valence-corrected chi connectivity index (χ2v) is 6.00. The SMILES string of the molecule is Cc1[nH]c2ccccc2c1CC(=O)N[C@@H]1CCC[C@@H]1C(=O)O. The van der Waals surface area contributed by atoms with Gasteiger partial charge in [-0.05, 0) is 31.4 Å². The largest absolute Gasteiger partial charge is 0.481 e. The summed E-state index contributed by atoms with van der Waals surface area (Å²) in [5.74, 6) is -1.37. The average Bonchev–Trinajstić information content (AvgIpc) is 3.04. The van der Waals surface area contributed by atoms with E-state index in [2.05, 4.69) is 10.3 Å². The van der Waals surface area contributed by atoms with E-state index in [9.17, 15) is 14.7 Å². The molecule has 0 unspecified atom stereocenters. The minimum absolute atomic E-state index is 0.106. The molecule has 0 aliphatic heterocycles. The minimum atomic E-state index is -0.814. The van der Waals surface area contributed by atoms with Crippen molar-refractivity contribution in [2.75, 3.05) is 0 Å². The number of carboxylic acids is 1. The van der Waals surface area contributed by atoms with Gasteiger partial charge in [-0.15, -0.1) is 0 Å². The van der Waals surface area contributed by atoms with Crippen LogP contribution in [0.4, 0.5) is 0 Å². The number of hydrogen-bond donors (Lipinski definition) is 3. The molecule has 1 aromatic carbocycles. The highest BCUT2D eigenvalue weighted by molar-refractivity contribution is 5.90. The monoisotopic (exact) mass is 300 g/mol. The maximum Gasteiger partial charge on any atom is 0.308 e. The van der Waals surface area contributed by atoms with Gasteiger partial charge in [0.1, 0.15) is 0 Å². The van der Waals surface area contributed by atoms with E-state index >= 15 is 0 Å². The van der Waals surface area contributed by atoms with Crippen molar-refractivity contribution in [2.45, 2.75) is 38.6 Å². The van der Waals surface area contributed by atoms with Crippen molar-refractivity contribution in [3.63, 3.8) is 0 Å². The predicted octanol–water partition coefficient (Wildman–Crippen LogP) is 2.39. The smallest absolute Gasteiger partial charge is 0.308 e. The van der Waals surface area contributed by atoms with Crippen molar-refractivity contribution in [1.82, 2.24) is 10.3 Å². The molecule has 5 heteroatoms. The summed E-state index contributed by atoms with van der Waals surface area (Å²) in [7, 11) is 0. The Bertz CT molecular complexity index is 720. The van der Waals surface area contributed by atoms with Crippen LogP contribution in [0, 0.1) is 12.8 Å². The number of para-hydroxylation sites is 1. The van der Waals surface area contributed by atoms with E-state index in [0.29, 0.717) is 6.42 Å². The van der Waals surface area contributed by atoms with Crippen molar-refractivity contribution >= 4 is 22.8 Å². The Kier molecular flexibility index (Phi) is 3.88. The summed E-state index contributed by atoms with van der Waals surface area (Å²) in [6.07, 6.45) is 2.52. The number of nitrogens with one attached hydrogen (secondary N) is 2. The predicted molar refractivity (Wildman–Crippen MR) is 83.6 cm³/mol. The number of fused-ring (bicyclic) bond motifs is 1. The van der Waals surface area contributed by atoms with Gasteiger partial charge in [-0.1, -0.05) is 24.6 Å². The Morgan fingerprint density at radius 2 is 2.09 bits per heavy atom. The van der Waals surface area contributed by atoms with E-state index in [0.717, 1.165) is 35.0 Å². The first kappa shape index (κ1) is 14.6. The molecule has 1 saturated carbocycles. The number of amides is 1. The lowest BCUT2D eigenvalue weighted by Gasteiger charge is -2.17. The van der Waals surface area contributed by atoms with Gasteiger partial charge in [0, 0.05) is 22.6 Å². The second kappa shape index (κ2) is 5.83. The molecular formula is C17H20N2O3. The lowest BCUT2D eigenvalue weighted by molar-refractivity contribution is -0.142. The fourth-order valence-corrected chi connectivity index (χ4v) is 3.41. The summed E-state index contributed by atoms with van der Waals surface area (Å²) in [6, 6.07) is 7.65. The number of carbonyl (C=O) groups is 2. The Hall–Kier alpha value is -2.30. The zero-order chi connectivity index (χ0) is 15.7. The molecule has 3 rings (SSSR count). The Morgan fingerprint density at radius 3 is 2.86 bits per heavy atom. The highest BCUT2D eigenvalue weighted by atomic mass is 16.4. The van der Waals surface area contributed by atoms with E-state index in [-0.39, 0.29) is 18.4 Å². The fraction of sp³-hybridized carbons (Fsp3) is 0.412. The van der Waals surface area contributed by atoms with Crippen LogP contribution in [0.5, 0.6) is 0 Å². The molecule has 1 fully saturated rings. The van der Waals surface area contributed by atoms with Crippen molar-refractivity contribution in [2.24, 2.45) is 5.92 Å². The van der Waals surface area contributed by atoms with Crippen molar-refractivity contribution in [3.05, 3.63) is 35.5 Å². The van der Waals surface area contributed by atoms with Gasteiger partial charge in [0.15, 0.2) is 0 Å². The maximum atomic E-state index is 12.3. The number of H-pyrrole nitrogens is 1. The summed E-state index contributed by atoms with van der Waals surface area (Å²) in [5.41, 5.74) is 2.99. The van der Waals surface area contributed by atoms with Crippen LogP contribution in [0.25, 0.3) is 10.9 Å². The first-order valence-corrected chi connectivity index (χ1v) is 7.64. The number of aliphatic carboxylic acids is 1. The Labute approximate surface area is 128 Å².